The van der Waals surface area contributed by atoms with E-state index in [0.29, 0.717) is 26.5 Å². The van der Waals surface area contributed by atoms with Crippen molar-refractivity contribution in [2.24, 2.45) is 0 Å². The van der Waals surface area contributed by atoms with Gasteiger partial charge in [-0.3, -0.25) is 14.2 Å². The highest BCUT2D eigenvalue weighted by Crippen LogP contribution is 2.27. The van der Waals surface area contributed by atoms with Gasteiger partial charge >= 0.3 is 11.9 Å². The lowest BCUT2D eigenvalue weighted by atomic mass is 10.2. The maximum atomic E-state index is 12.8. The Bertz CT molecular complexity index is 1230. The molecule has 0 fully saturated rings. The highest BCUT2D eigenvalue weighted by atomic mass is 32.1. The van der Waals surface area contributed by atoms with Crippen molar-refractivity contribution in [1.29, 1.82) is 0 Å². The molecule has 0 aliphatic heterocycles. The largest absolute Gasteiger partial charge is 0.465 e. The zero-order valence-electron chi connectivity index (χ0n) is 17.4. The molecule has 2 aromatic heterocycles. The highest BCUT2D eigenvalue weighted by molar-refractivity contribution is 7.20. The second-order valence-corrected chi connectivity index (χ2v) is 7.99. The Labute approximate surface area is 181 Å². The van der Waals surface area contributed by atoms with E-state index in [2.05, 4.69) is 10.3 Å². The Balaban J connectivity index is 1.80. The van der Waals surface area contributed by atoms with Crippen molar-refractivity contribution >= 4 is 45.1 Å². The predicted octanol–water partition coefficient (Wildman–Crippen LogP) is 2.76. The second kappa shape index (κ2) is 9.09. The number of methoxy groups -OCH3 is 1. The van der Waals surface area contributed by atoms with E-state index in [-0.39, 0.29) is 18.0 Å². The summed E-state index contributed by atoms with van der Waals surface area (Å²) in [5.41, 5.74) is 0.731. The Morgan fingerprint density at radius 3 is 2.65 bits per heavy atom. The third-order valence-corrected chi connectivity index (χ3v) is 5.51. The van der Waals surface area contributed by atoms with Crippen molar-refractivity contribution in [1.82, 2.24) is 9.55 Å². The maximum Gasteiger partial charge on any atom is 0.348 e. The number of nitrogens with one attached hydrogen (secondary N) is 1. The molecule has 1 N–H and O–H groups in total. The number of hydrogen-bond acceptors (Lipinski definition) is 8. The third kappa shape index (κ3) is 4.80. The molecular weight excluding hydrogens is 422 g/mol. The van der Waals surface area contributed by atoms with Gasteiger partial charge in [-0.15, -0.1) is 11.3 Å². The number of carbonyl (C=O) groups is 3. The average Bonchev–Trinajstić information content (AvgIpc) is 3.06. The number of anilines is 1. The van der Waals surface area contributed by atoms with E-state index in [4.69, 9.17) is 9.47 Å². The molecule has 0 bridgehead atoms. The minimum Gasteiger partial charge on any atom is -0.465 e. The van der Waals surface area contributed by atoms with Crippen LogP contribution in [-0.4, -0.2) is 40.6 Å². The summed E-state index contributed by atoms with van der Waals surface area (Å²) in [5.74, 6) is -1.51. The molecule has 0 radical (unpaired) electrons. The molecule has 0 spiro atoms. The normalized spacial score (nSPS) is 10.9. The van der Waals surface area contributed by atoms with Gasteiger partial charge in [0.05, 0.1) is 30.5 Å². The predicted molar refractivity (Wildman–Crippen MR) is 116 cm³/mol. The molecule has 1 aromatic carbocycles. The topological polar surface area (TPSA) is 117 Å². The molecule has 0 atom stereocenters. The molecule has 162 valence electrons. The van der Waals surface area contributed by atoms with Crippen LogP contribution >= 0.6 is 11.3 Å². The maximum absolute atomic E-state index is 12.8. The summed E-state index contributed by atoms with van der Waals surface area (Å²) >= 11 is 1.07. The van der Waals surface area contributed by atoms with Crippen molar-refractivity contribution in [3.8, 4) is 0 Å². The Hall–Kier alpha value is -3.53. The van der Waals surface area contributed by atoms with Crippen LogP contribution in [0.4, 0.5) is 5.69 Å². The summed E-state index contributed by atoms with van der Waals surface area (Å²) in [5, 5.41) is 2.93. The number of carbonyl (C=O) groups excluding carboxylic acids is 3. The average molecular weight is 443 g/mol. The smallest absolute Gasteiger partial charge is 0.348 e. The molecule has 0 aliphatic carbocycles. The number of fused-ring (bicyclic) bond motifs is 1. The summed E-state index contributed by atoms with van der Waals surface area (Å²) < 4.78 is 11.0. The monoisotopic (exact) mass is 443 g/mol. The fourth-order valence-electron chi connectivity index (χ4n) is 2.92. The van der Waals surface area contributed by atoms with E-state index in [1.807, 2.05) is 0 Å². The van der Waals surface area contributed by atoms with Gasteiger partial charge in [0, 0.05) is 5.69 Å². The van der Waals surface area contributed by atoms with Gasteiger partial charge in [-0.1, -0.05) is 6.07 Å². The number of aromatic nitrogens is 2. The first kappa shape index (κ1) is 22.2. The Morgan fingerprint density at radius 1 is 1.23 bits per heavy atom. The molecule has 10 heteroatoms. The van der Waals surface area contributed by atoms with E-state index in [1.165, 1.54) is 19.5 Å². The molecule has 3 aromatic rings. The summed E-state index contributed by atoms with van der Waals surface area (Å²) in [4.78, 5) is 54.1. The quantitative estimate of drug-likeness (QED) is 0.582. The number of rotatable bonds is 6. The summed E-state index contributed by atoms with van der Waals surface area (Å²) in [6.45, 7) is 4.84. The Kier molecular flexibility index (Phi) is 6.50. The van der Waals surface area contributed by atoms with Gasteiger partial charge in [0.1, 0.15) is 16.3 Å². The molecule has 0 saturated carbocycles. The molecule has 0 saturated heterocycles. The lowest BCUT2D eigenvalue weighted by Gasteiger charge is -2.10. The number of esters is 2. The van der Waals surface area contributed by atoms with Gasteiger partial charge in [0.2, 0.25) is 5.91 Å². The molecule has 1 amide bonds. The first-order chi connectivity index (χ1) is 14.7. The second-order valence-electron chi connectivity index (χ2n) is 6.99. The van der Waals surface area contributed by atoms with Gasteiger partial charge in [-0.05, 0) is 44.5 Å². The van der Waals surface area contributed by atoms with Crippen LogP contribution in [0, 0.1) is 6.92 Å². The van der Waals surface area contributed by atoms with Crippen molar-refractivity contribution < 1.29 is 23.9 Å². The van der Waals surface area contributed by atoms with Crippen LogP contribution in [0.2, 0.25) is 0 Å². The third-order valence-electron chi connectivity index (χ3n) is 4.33. The van der Waals surface area contributed by atoms with E-state index in [1.54, 1.807) is 39.0 Å². The fourth-order valence-corrected chi connectivity index (χ4v) is 3.98. The lowest BCUT2D eigenvalue weighted by Crippen LogP contribution is -2.28. The molecule has 3 rings (SSSR count). The van der Waals surface area contributed by atoms with Crippen LogP contribution < -0.4 is 10.9 Å². The summed E-state index contributed by atoms with van der Waals surface area (Å²) in [6.07, 6.45) is 0.998. The van der Waals surface area contributed by atoms with Crippen molar-refractivity contribution in [2.45, 2.75) is 33.4 Å². The van der Waals surface area contributed by atoms with E-state index in [9.17, 15) is 19.2 Å². The van der Waals surface area contributed by atoms with Crippen LogP contribution in [0.5, 0.6) is 0 Å². The number of amides is 1. The van der Waals surface area contributed by atoms with Crippen LogP contribution in [-0.2, 0) is 20.8 Å². The number of aryl methyl sites for hydroxylation is 1. The number of benzene rings is 1. The van der Waals surface area contributed by atoms with E-state index in [0.717, 1.165) is 15.9 Å². The minimum atomic E-state index is -0.542. The Morgan fingerprint density at radius 2 is 1.97 bits per heavy atom. The molecular formula is C21H21N3O6S. The fraction of sp³-hybridized carbons (Fsp3) is 0.286. The van der Waals surface area contributed by atoms with Crippen LogP contribution in [0.25, 0.3) is 10.2 Å². The number of thiophene rings is 1. The summed E-state index contributed by atoms with van der Waals surface area (Å²) in [6, 6.07) is 6.33. The zero-order valence-corrected chi connectivity index (χ0v) is 18.2. The van der Waals surface area contributed by atoms with Crippen molar-refractivity contribution in [3.63, 3.8) is 0 Å². The molecule has 9 nitrogen and oxygen atoms in total. The number of ether oxygens (including phenoxy) is 2. The van der Waals surface area contributed by atoms with Crippen molar-refractivity contribution in [3.05, 3.63) is 57.0 Å². The molecule has 31 heavy (non-hydrogen) atoms. The zero-order chi connectivity index (χ0) is 22.7. The number of nitrogens with zero attached hydrogens (tertiary/aromatic N) is 2. The van der Waals surface area contributed by atoms with Gasteiger partial charge < -0.3 is 14.8 Å². The number of hydrogen-bond donors (Lipinski definition) is 1. The standard InChI is InChI=1S/C21H21N3O6S/c1-11(2)30-20(27)13-6-5-7-14(8-13)23-15(25)9-24-10-22-18-16(19(24)26)12(3)17(31-18)21(28)29-4/h5-8,10-11H,9H2,1-4H3,(H,23,25). The van der Waals surface area contributed by atoms with Gasteiger partial charge in [-0.25, -0.2) is 14.6 Å². The van der Waals surface area contributed by atoms with Crippen LogP contribution in [0.1, 0.15) is 39.4 Å². The van der Waals surface area contributed by atoms with Crippen molar-refractivity contribution in [2.75, 3.05) is 12.4 Å². The first-order valence-corrected chi connectivity index (χ1v) is 10.2. The highest BCUT2D eigenvalue weighted by Gasteiger charge is 2.20. The van der Waals surface area contributed by atoms with Crippen LogP contribution in [0.15, 0.2) is 35.4 Å². The SMILES string of the molecule is COC(=O)c1sc2ncn(CC(=O)Nc3cccc(C(=O)OC(C)C)c3)c(=O)c2c1C. The first-order valence-electron chi connectivity index (χ1n) is 9.39. The molecule has 2 heterocycles. The lowest BCUT2D eigenvalue weighted by molar-refractivity contribution is -0.116. The van der Waals surface area contributed by atoms with E-state index >= 15 is 0 Å². The van der Waals surface area contributed by atoms with Crippen LogP contribution in [0.3, 0.4) is 0 Å². The van der Waals surface area contributed by atoms with E-state index < -0.39 is 23.4 Å². The summed E-state index contributed by atoms with van der Waals surface area (Å²) in [7, 11) is 1.26. The molecule has 0 unspecified atom stereocenters. The minimum absolute atomic E-state index is 0.264. The molecule has 0 aliphatic rings. The van der Waals surface area contributed by atoms with Gasteiger partial charge in [0.25, 0.3) is 5.56 Å². The van der Waals surface area contributed by atoms with Gasteiger partial charge in [0.15, 0.2) is 0 Å². The van der Waals surface area contributed by atoms with Gasteiger partial charge in [-0.2, -0.15) is 0 Å².